The average molecular weight is 649 g/mol. The van der Waals surface area contributed by atoms with Crippen molar-refractivity contribution in [3.63, 3.8) is 0 Å². The van der Waals surface area contributed by atoms with Crippen LogP contribution in [0.2, 0.25) is 0 Å². The molecule has 9 heteroatoms. The van der Waals surface area contributed by atoms with Crippen molar-refractivity contribution in [2.24, 2.45) is 0 Å². The van der Waals surface area contributed by atoms with Crippen LogP contribution < -0.4 is 28.4 Å². The van der Waals surface area contributed by atoms with Crippen molar-refractivity contribution in [3.05, 3.63) is 113 Å². The average Bonchev–Trinajstić information content (AvgIpc) is 3.95. The van der Waals surface area contributed by atoms with Gasteiger partial charge in [0.15, 0.2) is 23.0 Å². The van der Waals surface area contributed by atoms with E-state index in [0.29, 0.717) is 53.8 Å². The summed E-state index contributed by atoms with van der Waals surface area (Å²) in [5.74, 6) is 3.62. The first-order chi connectivity index (χ1) is 23.1. The van der Waals surface area contributed by atoms with Crippen molar-refractivity contribution in [1.82, 2.24) is 0 Å². The third-order valence-corrected chi connectivity index (χ3v) is 6.79. The molecule has 0 spiro atoms. The maximum absolute atomic E-state index is 11.7. The Morgan fingerprint density at radius 1 is 0.660 bits per heavy atom. The van der Waals surface area contributed by atoms with Crippen LogP contribution in [0.4, 0.5) is 4.53 Å². The lowest BCUT2D eigenvalue weighted by Gasteiger charge is -2.16. The number of ether oxygens (including phenoxy) is 7. The van der Waals surface area contributed by atoms with E-state index < -0.39 is 0 Å². The maximum atomic E-state index is 11.7. The van der Waals surface area contributed by atoms with Crippen LogP contribution in [0.25, 0.3) is 6.08 Å². The van der Waals surface area contributed by atoms with Gasteiger partial charge in [-0.1, -0.05) is 86.7 Å². The summed E-state index contributed by atoms with van der Waals surface area (Å²) in [5.41, 5.74) is 4.06. The topological polar surface area (TPSA) is 77.1 Å². The molecule has 0 radical (unpaired) electrons. The molecule has 8 nitrogen and oxygen atoms in total. The van der Waals surface area contributed by atoms with Crippen molar-refractivity contribution in [2.75, 3.05) is 41.7 Å². The summed E-state index contributed by atoms with van der Waals surface area (Å²) in [6.07, 6.45) is 4.46. The van der Waals surface area contributed by atoms with Crippen LogP contribution in [0.5, 0.6) is 34.5 Å². The van der Waals surface area contributed by atoms with Crippen molar-refractivity contribution in [3.8, 4) is 34.5 Å². The molecule has 0 amide bonds. The number of rotatable bonds is 15. The zero-order valence-corrected chi connectivity index (χ0v) is 28.0. The molecule has 0 N–H and O–H groups in total. The van der Waals surface area contributed by atoms with Gasteiger partial charge in [0, 0.05) is 6.42 Å². The first kappa shape index (κ1) is 36.7. The van der Waals surface area contributed by atoms with E-state index in [4.69, 9.17) is 33.2 Å². The fraction of sp³-hybridized carbons (Fsp3) is 0.316. The Morgan fingerprint density at radius 2 is 1.09 bits per heavy atom. The molecule has 1 saturated heterocycles. The Balaban J connectivity index is 0.000000243. The van der Waals surface area contributed by atoms with Gasteiger partial charge >= 0.3 is 0 Å². The Hall–Kier alpha value is -4.73. The summed E-state index contributed by atoms with van der Waals surface area (Å²) < 4.78 is 50.5. The third kappa shape index (κ3) is 11.9. The summed E-state index contributed by atoms with van der Waals surface area (Å²) in [7, 11) is 6.40. The molecule has 4 aromatic carbocycles. The third-order valence-electron chi connectivity index (χ3n) is 6.79. The number of epoxide rings is 1. The minimum Gasteiger partial charge on any atom is -0.493 e. The summed E-state index contributed by atoms with van der Waals surface area (Å²) in [6.45, 7) is 5.59. The van der Waals surface area contributed by atoms with Gasteiger partial charge in [0.2, 0.25) is 11.5 Å². The summed E-state index contributed by atoms with van der Waals surface area (Å²) in [6, 6.07) is 27.4. The second kappa shape index (κ2) is 20.4. The highest BCUT2D eigenvalue weighted by atomic mass is 19.3. The quantitative estimate of drug-likeness (QED) is 0.119. The molecule has 0 bridgehead atoms. The molecular weight excluding hydrogens is 603 g/mol. The number of halogens is 1. The zero-order valence-electron chi connectivity index (χ0n) is 28.0. The van der Waals surface area contributed by atoms with Crippen molar-refractivity contribution >= 4 is 6.08 Å². The minimum atomic E-state index is -0.114. The summed E-state index contributed by atoms with van der Waals surface area (Å²) in [4.78, 5) is 3.51. The number of benzene rings is 4. The van der Waals surface area contributed by atoms with Crippen LogP contribution in [-0.4, -0.2) is 47.8 Å². The Morgan fingerprint density at radius 3 is 1.47 bits per heavy atom. The first-order valence-electron chi connectivity index (χ1n) is 15.4. The van der Waals surface area contributed by atoms with Crippen LogP contribution in [0, 0.1) is 0 Å². The van der Waals surface area contributed by atoms with Gasteiger partial charge in [-0.25, -0.2) is 0 Å². The first-order valence-corrected chi connectivity index (χ1v) is 15.4. The molecule has 1 heterocycles. The fourth-order valence-corrected chi connectivity index (χ4v) is 4.46. The molecule has 252 valence electrons. The molecule has 0 aromatic heterocycles. The van der Waals surface area contributed by atoms with E-state index in [2.05, 4.69) is 4.94 Å². The SMILES string of the molecule is CC.COc1cc(/C=C/COF)cc(OC)c1OCc1ccccc1.COc1cc(C[C@H]2CO2)cc(OC)c1OCc1ccccc1. The lowest BCUT2D eigenvalue weighted by Crippen LogP contribution is -2.02. The lowest BCUT2D eigenvalue weighted by atomic mass is 10.1. The van der Waals surface area contributed by atoms with Crippen LogP contribution >= 0.6 is 0 Å². The molecule has 47 heavy (non-hydrogen) atoms. The highest BCUT2D eigenvalue weighted by molar-refractivity contribution is 5.62. The van der Waals surface area contributed by atoms with Gasteiger partial charge in [0.05, 0.1) is 41.2 Å². The van der Waals surface area contributed by atoms with E-state index in [-0.39, 0.29) is 6.61 Å². The summed E-state index contributed by atoms with van der Waals surface area (Å²) in [5, 5.41) is 0. The largest absolute Gasteiger partial charge is 0.493 e. The molecule has 0 unspecified atom stereocenters. The fourth-order valence-electron chi connectivity index (χ4n) is 4.46. The number of hydrogen-bond acceptors (Lipinski definition) is 8. The van der Waals surface area contributed by atoms with Gasteiger partial charge in [0.25, 0.3) is 0 Å². The Labute approximate surface area is 277 Å². The molecule has 5 rings (SSSR count). The maximum Gasteiger partial charge on any atom is 0.203 e. The van der Waals surface area contributed by atoms with Gasteiger partial charge in [-0.05, 0) is 51.0 Å². The summed E-state index contributed by atoms with van der Waals surface area (Å²) >= 11 is 0. The minimum absolute atomic E-state index is 0.114. The molecule has 4 aromatic rings. The van der Waals surface area contributed by atoms with Crippen LogP contribution in [-0.2, 0) is 29.3 Å². The van der Waals surface area contributed by atoms with Crippen LogP contribution in [0.15, 0.2) is 91.0 Å². The van der Waals surface area contributed by atoms with Gasteiger partial charge in [-0.3, -0.25) is 0 Å². The lowest BCUT2D eigenvalue weighted by molar-refractivity contribution is -0.117. The highest BCUT2D eigenvalue weighted by Crippen LogP contribution is 2.40. The van der Waals surface area contributed by atoms with E-state index in [1.807, 2.05) is 86.6 Å². The smallest absolute Gasteiger partial charge is 0.203 e. The predicted molar refractivity (Wildman–Crippen MR) is 182 cm³/mol. The predicted octanol–water partition coefficient (Wildman–Crippen LogP) is 8.45. The normalized spacial score (nSPS) is 13.0. The molecule has 0 saturated carbocycles. The zero-order chi connectivity index (χ0) is 33.9. The monoisotopic (exact) mass is 648 g/mol. The van der Waals surface area contributed by atoms with E-state index in [9.17, 15) is 4.53 Å². The number of hydrogen-bond donors (Lipinski definition) is 0. The van der Waals surface area contributed by atoms with Crippen LogP contribution in [0.1, 0.15) is 36.1 Å². The van der Waals surface area contributed by atoms with E-state index in [1.54, 1.807) is 52.7 Å². The van der Waals surface area contributed by atoms with E-state index in [0.717, 1.165) is 35.3 Å². The Bertz CT molecular complexity index is 1440. The molecular formula is C38H45FO8. The van der Waals surface area contributed by atoms with Crippen molar-refractivity contribution < 1.29 is 42.6 Å². The van der Waals surface area contributed by atoms with Crippen molar-refractivity contribution in [1.29, 1.82) is 0 Å². The molecule has 1 fully saturated rings. The molecule has 1 atom stereocenters. The second-order valence-corrected chi connectivity index (χ2v) is 9.97. The van der Waals surface area contributed by atoms with Gasteiger partial charge in [0.1, 0.15) is 19.8 Å². The Kier molecular flexibility index (Phi) is 15.9. The van der Waals surface area contributed by atoms with Gasteiger partial charge in [-0.2, -0.15) is 4.94 Å². The van der Waals surface area contributed by atoms with Crippen LogP contribution in [0.3, 0.4) is 0 Å². The van der Waals surface area contributed by atoms with Gasteiger partial charge in [-0.15, -0.1) is 0 Å². The van der Waals surface area contributed by atoms with E-state index in [1.165, 1.54) is 0 Å². The highest BCUT2D eigenvalue weighted by Gasteiger charge is 2.24. The second-order valence-electron chi connectivity index (χ2n) is 9.97. The van der Waals surface area contributed by atoms with E-state index >= 15 is 0 Å². The van der Waals surface area contributed by atoms with Crippen molar-refractivity contribution in [2.45, 2.75) is 39.6 Å². The number of methoxy groups -OCH3 is 4. The molecule has 0 aliphatic carbocycles. The molecule has 1 aliphatic rings. The molecule has 1 aliphatic heterocycles. The van der Waals surface area contributed by atoms with Gasteiger partial charge < -0.3 is 33.2 Å². The standard InChI is InChI=1S/C18H19FO4.C18H20O4.C2H6/c1-20-16-11-15(9-6-10-23-19)12-17(21-2)18(16)22-13-14-7-4-3-5-8-14;1-19-16-9-14(8-15-12-21-15)10-17(20-2)18(16)22-11-13-6-4-3-5-7-13;1-2/h3-9,11-12H,10,13H2,1-2H3;3-7,9-10,15H,8,11-12H2,1-2H3;1-2H3/b9-6+;;/t;15-;/m.0./s1.